The number of nitrogens with zero attached hydrogens (tertiary/aromatic N) is 3. The van der Waals surface area contributed by atoms with Gasteiger partial charge in [0.05, 0.1) is 11.1 Å². The lowest BCUT2D eigenvalue weighted by Gasteiger charge is -1.90. The summed E-state index contributed by atoms with van der Waals surface area (Å²) in [5.41, 5.74) is 0.846. The quantitative estimate of drug-likeness (QED) is 0.838. The number of ether oxygens (including phenoxy) is 1. The second-order valence-electron chi connectivity index (χ2n) is 2.90. The van der Waals surface area contributed by atoms with E-state index >= 15 is 0 Å². The SMILES string of the molecule is COCCc1nc2c(Br)cccn2n1. The van der Waals surface area contributed by atoms with Gasteiger partial charge in [-0.3, -0.25) is 0 Å². The number of hydrogen-bond donors (Lipinski definition) is 0. The predicted octanol–water partition coefficient (Wildman–Crippen LogP) is 1.68. The van der Waals surface area contributed by atoms with Crippen molar-refractivity contribution in [2.24, 2.45) is 0 Å². The van der Waals surface area contributed by atoms with Crippen molar-refractivity contribution in [1.82, 2.24) is 14.6 Å². The fourth-order valence-corrected chi connectivity index (χ4v) is 1.64. The molecule has 5 heteroatoms. The first kappa shape index (κ1) is 9.61. The maximum atomic E-state index is 4.97. The normalized spacial score (nSPS) is 11.0. The van der Waals surface area contributed by atoms with E-state index < -0.39 is 0 Å². The van der Waals surface area contributed by atoms with E-state index in [1.807, 2.05) is 18.3 Å². The van der Waals surface area contributed by atoms with Crippen LogP contribution < -0.4 is 0 Å². The number of pyridine rings is 1. The van der Waals surface area contributed by atoms with Crippen LogP contribution in [0.15, 0.2) is 22.8 Å². The Labute approximate surface area is 90.0 Å². The molecule has 0 bridgehead atoms. The standard InChI is InChI=1S/C9H10BrN3O/c1-14-6-4-8-11-9-7(10)3-2-5-13(9)12-8/h2-3,5H,4,6H2,1H3. The van der Waals surface area contributed by atoms with E-state index in [1.54, 1.807) is 11.6 Å². The molecule has 2 heterocycles. The molecule has 0 aromatic carbocycles. The van der Waals surface area contributed by atoms with Gasteiger partial charge in [0, 0.05) is 19.7 Å². The number of hydrogen-bond acceptors (Lipinski definition) is 3. The Morgan fingerprint density at radius 1 is 1.57 bits per heavy atom. The summed E-state index contributed by atoms with van der Waals surface area (Å²) in [4.78, 5) is 4.37. The van der Waals surface area contributed by atoms with Gasteiger partial charge in [0.15, 0.2) is 11.5 Å². The molecule has 0 aliphatic heterocycles. The molecule has 0 radical (unpaired) electrons. The van der Waals surface area contributed by atoms with E-state index in [9.17, 15) is 0 Å². The number of rotatable bonds is 3. The lowest BCUT2D eigenvalue weighted by atomic mass is 10.4. The molecule has 0 saturated carbocycles. The number of methoxy groups -OCH3 is 1. The molecule has 0 amide bonds. The van der Waals surface area contributed by atoms with Crippen LogP contribution in [-0.4, -0.2) is 28.3 Å². The minimum atomic E-state index is 0.647. The van der Waals surface area contributed by atoms with Crippen molar-refractivity contribution in [3.63, 3.8) is 0 Å². The zero-order valence-corrected chi connectivity index (χ0v) is 9.36. The highest BCUT2D eigenvalue weighted by Crippen LogP contribution is 2.15. The third-order valence-electron chi connectivity index (χ3n) is 1.89. The Morgan fingerprint density at radius 3 is 3.14 bits per heavy atom. The van der Waals surface area contributed by atoms with Crippen LogP contribution in [-0.2, 0) is 11.2 Å². The van der Waals surface area contributed by atoms with Gasteiger partial charge < -0.3 is 4.74 Å². The van der Waals surface area contributed by atoms with E-state index in [0.29, 0.717) is 6.61 Å². The molecule has 2 rings (SSSR count). The van der Waals surface area contributed by atoms with Crippen molar-refractivity contribution >= 4 is 21.6 Å². The van der Waals surface area contributed by atoms with Crippen LogP contribution in [0.5, 0.6) is 0 Å². The lowest BCUT2D eigenvalue weighted by molar-refractivity contribution is 0.200. The van der Waals surface area contributed by atoms with Crippen molar-refractivity contribution in [1.29, 1.82) is 0 Å². The lowest BCUT2D eigenvalue weighted by Crippen LogP contribution is -1.96. The van der Waals surface area contributed by atoms with Gasteiger partial charge in [0.25, 0.3) is 0 Å². The van der Waals surface area contributed by atoms with Crippen LogP contribution in [0.1, 0.15) is 5.82 Å². The summed E-state index contributed by atoms with van der Waals surface area (Å²) in [6.07, 6.45) is 2.62. The van der Waals surface area contributed by atoms with Gasteiger partial charge in [-0.1, -0.05) is 0 Å². The molecule has 0 aliphatic rings. The number of fused-ring (bicyclic) bond motifs is 1. The average Bonchev–Trinajstić information content (AvgIpc) is 2.59. The highest BCUT2D eigenvalue weighted by molar-refractivity contribution is 9.10. The van der Waals surface area contributed by atoms with Crippen LogP contribution in [0.3, 0.4) is 0 Å². The van der Waals surface area contributed by atoms with E-state index in [-0.39, 0.29) is 0 Å². The Morgan fingerprint density at radius 2 is 2.43 bits per heavy atom. The van der Waals surface area contributed by atoms with Crippen LogP contribution in [0.2, 0.25) is 0 Å². The van der Waals surface area contributed by atoms with Gasteiger partial charge >= 0.3 is 0 Å². The van der Waals surface area contributed by atoms with Gasteiger partial charge in [-0.25, -0.2) is 9.50 Å². The summed E-state index contributed by atoms with van der Waals surface area (Å²) in [6, 6.07) is 3.87. The van der Waals surface area contributed by atoms with Crippen molar-refractivity contribution < 1.29 is 4.74 Å². The molecular formula is C9H10BrN3O. The van der Waals surface area contributed by atoms with E-state index in [4.69, 9.17) is 4.74 Å². The second kappa shape index (κ2) is 4.06. The third-order valence-corrected chi connectivity index (χ3v) is 2.51. The van der Waals surface area contributed by atoms with E-state index in [1.165, 1.54) is 0 Å². The van der Waals surface area contributed by atoms with Gasteiger partial charge in [0.1, 0.15) is 0 Å². The Balaban J connectivity index is 2.36. The largest absolute Gasteiger partial charge is 0.384 e. The van der Waals surface area contributed by atoms with Crippen LogP contribution in [0, 0.1) is 0 Å². The molecule has 2 aromatic rings. The molecule has 0 atom stereocenters. The molecule has 0 fully saturated rings. The molecular weight excluding hydrogens is 246 g/mol. The predicted molar refractivity (Wildman–Crippen MR) is 56.3 cm³/mol. The minimum Gasteiger partial charge on any atom is -0.384 e. The maximum Gasteiger partial charge on any atom is 0.169 e. The smallest absolute Gasteiger partial charge is 0.169 e. The first-order valence-electron chi connectivity index (χ1n) is 4.30. The Kier molecular flexibility index (Phi) is 2.79. The van der Waals surface area contributed by atoms with Crippen LogP contribution >= 0.6 is 15.9 Å². The molecule has 4 nitrogen and oxygen atoms in total. The van der Waals surface area contributed by atoms with E-state index in [2.05, 4.69) is 26.0 Å². The zero-order chi connectivity index (χ0) is 9.97. The summed E-state index contributed by atoms with van der Waals surface area (Å²) in [5, 5.41) is 4.31. The Hall–Kier alpha value is -0.940. The monoisotopic (exact) mass is 255 g/mol. The summed E-state index contributed by atoms with van der Waals surface area (Å²) in [6.45, 7) is 0.647. The van der Waals surface area contributed by atoms with Gasteiger partial charge in [-0.15, -0.1) is 0 Å². The highest BCUT2D eigenvalue weighted by atomic mass is 79.9. The summed E-state index contributed by atoms with van der Waals surface area (Å²) in [7, 11) is 1.67. The zero-order valence-electron chi connectivity index (χ0n) is 7.77. The molecule has 0 aliphatic carbocycles. The average molecular weight is 256 g/mol. The molecule has 0 saturated heterocycles. The first-order chi connectivity index (χ1) is 6.81. The van der Waals surface area contributed by atoms with E-state index in [0.717, 1.165) is 22.4 Å². The van der Waals surface area contributed by atoms with Crippen molar-refractivity contribution in [3.05, 3.63) is 28.6 Å². The van der Waals surface area contributed by atoms with Gasteiger partial charge in [0.2, 0.25) is 0 Å². The highest BCUT2D eigenvalue weighted by Gasteiger charge is 2.05. The van der Waals surface area contributed by atoms with Gasteiger partial charge in [-0.2, -0.15) is 5.10 Å². The number of aromatic nitrogens is 3. The van der Waals surface area contributed by atoms with Crippen LogP contribution in [0.25, 0.3) is 5.65 Å². The van der Waals surface area contributed by atoms with Gasteiger partial charge in [-0.05, 0) is 28.1 Å². The molecule has 74 valence electrons. The summed E-state index contributed by atoms with van der Waals surface area (Å²) < 4.78 is 7.68. The molecule has 0 unspecified atom stereocenters. The Bertz CT molecular complexity index is 441. The maximum absolute atomic E-state index is 4.97. The second-order valence-corrected chi connectivity index (χ2v) is 3.75. The third kappa shape index (κ3) is 1.78. The van der Waals surface area contributed by atoms with Crippen molar-refractivity contribution in [3.8, 4) is 0 Å². The number of halogens is 1. The fraction of sp³-hybridized carbons (Fsp3) is 0.333. The molecule has 2 aromatic heterocycles. The summed E-state index contributed by atoms with van der Waals surface area (Å²) >= 11 is 3.42. The van der Waals surface area contributed by atoms with Crippen molar-refractivity contribution in [2.45, 2.75) is 6.42 Å². The fourth-order valence-electron chi connectivity index (χ4n) is 1.22. The molecule has 14 heavy (non-hydrogen) atoms. The molecule has 0 N–H and O–H groups in total. The summed E-state index contributed by atoms with van der Waals surface area (Å²) in [5.74, 6) is 0.804. The molecule has 0 spiro atoms. The minimum absolute atomic E-state index is 0.647. The van der Waals surface area contributed by atoms with Crippen LogP contribution in [0.4, 0.5) is 0 Å². The topological polar surface area (TPSA) is 39.4 Å². The van der Waals surface area contributed by atoms with Crippen molar-refractivity contribution in [2.75, 3.05) is 13.7 Å². The first-order valence-corrected chi connectivity index (χ1v) is 5.09.